The van der Waals surface area contributed by atoms with Crippen molar-refractivity contribution in [3.63, 3.8) is 0 Å². The fraction of sp³-hybridized carbons (Fsp3) is 0.400. The van der Waals surface area contributed by atoms with Crippen molar-refractivity contribution in [2.24, 2.45) is 0 Å². The smallest absolute Gasteiger partial charge is 0.205 e. The van der Waals surface area contributed by atoms with Gasteiger partial charge in [0.25, 0.3) is 5.51 Å². The Morgan fingerprint density at radius 3 is 2.63 bits per heavy atom. The fourth-order valence-electron chi connectivity index (χ4n) is 3.40. The number of fused-ring (bicyclic) bond motifs is 2. The third-order valence-electron chi connectivity index (χ3n) is 4.29. The molecule has 0 amide bonds. The van der Waals surface area contributed by atoms with Crippen LogP contribution in [0.5, 0.6) is 0 Å². The molecule has 19 heavy (non-hydrogen) atoms. The maximum absolute atomic E-state index is 6.19. The van der Waals surface area contributed by atoms with Gasteiger partial charge in [-0.15, -0.1) is 0 Å². The Morgan fingerprint density at radius 2 is 1.95 bits per heavy atom. The summed E-state index contributed by atoms with van der Waals surface area (Å²) in [5.41, 5.74) is 6.26. The quantitative estimate of drug-likeness (QED) is 0.474. The van der Waals surface area contributed by atoms with Crippen LogP contribution in [0.15, 0.2) is 29.8 Å². The largest absolute Gasteiger partial charge is 0.301 e. The number of thiazole rings is 1. The lowest BCUT2D eigenvalue weighted by Crippen LogP contribution is -2.69. The van der Waals surface area contributed by atoms with Crippen LogP contribution in [0.2, 0.25) is 5.82 Å². The highest BCUT2D eigenvalue weighted by molar-refractivity contribution is 7.11. The van der Waals surface area contributed by atoms with E-state index in [0.717, 1.165) is 0 Å². The summed E-state index contributed by atoms with van der Waals surface area (Å²) in [5, 5.41) is 0. The van der Waals surface area contributed by atoms with Gasteiger partial charge in [-0.2, -0.15) is 0 Å². The summed E-state index contributed by atoms with van der Waals surface area (Å²) in [6.07, 6.45) is 0. The molecule has 0 fully saturated rings. The molecule has 0 spiro atoms. The monoisotopic (exact) mass is 271 g/mol. The van der Waals surface area contributed by atoms with Gasteiger partial charge in [-0.1, -0.05) is 79.3 Å². The molecule has 0 radical (unpaired) electrons. The molecule has 0 unspecified atom stereocenters. The fourth-order valence-corrected chi connectivity index (χ4v) is 4.49. The number of nitrogens with two attached hydrogens (primary N) is 1. The number of hydrogen-bond acceptors (Lipinski definition) is 2. The molecule has 1 aromatic heterocycles. The van der Waals surface area contributed by atoms with Gasteiger partial charge in [-0.05, 0) is 5.56 Å². The van der Waals surface area contributed by atoms with Crippen LogP contribution >= 0.6 is 11.3 Å². The van der Waals surface area contributed by atoms with Crippen LogP contribution in [-0.2, 0) is 5.41 Å². The van der Waals surface area contributed by atoms with Crippen LogP contribution < -0.4 is 21.6 Å². The zero-order valence-electron chi connectivity index (χ0n) is 12.0. The number of nitrogens with zero attached hydrogens (tertiary/aromatic N) is 1. The van der Waals surface area contributed by atoms with E-state index in [-0.39, 0.29) is 5.41 Å². The Hall–Kier alpha value is -1.29. The predicted molar refractivity (Wildman–Crippen MR) is 83.4 cm³/mol. The van der Waals surface area contributed by atoms with Crippen molar-refractivity contribution in [2.45, 2.75) is 38.9 Å². The van der Waals surface area contributed by atoms with Gasteiger partial charge < -0.3 is 0 Å². The van der Waals surface area contributed by atoms with Gasteiger partial charge >= 0.3 is 6.71 Å². The van der Waals surface area contributed by atoms with Crippen molar-refractivity contribution < 1.29 is 4.68 Å². The Kier molecular flexibility index (Phi) is 2.75. The Labute approximate surface area is 119 Å². The van der Waals surface area contributed by atoms with E-state index in [1.807, 2.05) is 10.2 Å². The van der Waals surface area contributed by atoms with Crippen molar-refractivity contribution in [3.05, 3.63) is 40.2 Å². The highest BCUT2D eigenvalue weighted by atomic mass is 32.1. The predicted octanol–water partition coefficient (Wildman–Crippen LogP) is 1.41. The van der Waals surface area contributed by atoms with E-state index in [1.165, 1.54) is 21.5 Å². The van der Waals surface area contributed by atoms with Crippen molar-refractivity contribution in [2.75, 3.05) is 5.84 Å². The molecule has 1 aliphatic rings. The molecule has 1 aromatic carbocycles. The first-order valence-corrected chi connectivity index (χ1v) is 7.70. The van der Waals surface area contributed by atoms with E-state index in [2.05, 4.69) is 52.0 Å². The van der Waals surface area contributed by atoms with Crippen LogP contribution in [0.3, 0.4) is 0 Å². The molecule has 2 heterocycles. The Morgan fingerprint density at radius 1 is 1.26 bits per heavy atom. The number of aromatic nitrogens is 1. The molecule has 0 bridgehead atoms. The molecule has 0 aliphatic carbocycles. The van der Waals surface area contributed by atoms with E-state index in [1.54, 1.807) is 11.3 Å². The summed E-state index contributed by atoms with van der Waals surface area (Å²) >= 11 is 1.78. The van der Waals surface area contributed by atoms with Gasteiger partial charge in [-0.25, -0.2) is 5.84 Å². The Bertz CT molecular complexity index is 631. The van der Waals surface area contributed by atoms with Crippen molar-refractivity contribution >= 4 is 29.1 Å². The minimum atomic E-state index is 0.0482. The molecule has 4 heteroatoms. The third-order valence-corrected chi connectivity index (χ3v) is 5.58. The summed E-state index contributed by atoms with van der Waals surface area (Å²) in [7, 11) is 0. The Balaban J connectivity index is 2.35. The number of rotatable bonds is 1. The second-order valence-corrected chi connectivity index (χ2v) is 7.13. The lowest BCUT2D eigenvalue weighted by Gasteiger charge is -2.34. The van der Waals surface area contributed by atoms with Gasteiger partial charge in [0.15, 0.2) is 5.59 Å². The molecular weight excluding hydrogens is 251 g/mol. The van der Waals surface area contributed by atoms with Crippen molar-refractivity contribution in [1.29, 1.82) is 0 Å². The zero-order valence-corrected chi connectivity index (χ0v) is 12.8. The highest BCUT2D eigenvalue weighted by Crippen LogP contribution is 2.35. The van der Waals surface area contributed by atoms with Crippen LogP contribution in [-0.4, -0.2) is 6.71 Å². The topological polar surface area (TPSA) is 29.9 Å². The highest BCUT2D eigenvalue weighted by Gasteiger charge is 2.47. The third kappa shape index (κ3) is 1.66. The maximum atomic E-state index is 6.19. The molecule has 0 saturated carbocycles. The minimum absolute atomic E-state index is 0.0482. The maximum Gasteiger partial charge on any atom is 0.301 e. The molecule has 0 saturated heterocycles. The molecule has 1 aliphatic heterocycles. The number of hydrogen-bond donors (Lipinski definition) is 1. The van der Waals surface area contributed by atoms with E-state index < -0.39 is 0 Å². The van der Waals surface area contributed by atoms with Crippen LogP contribution in [0.25, 0.3) is 0 Å². The first kappa shape index (κ1) is 12.7. The molecule has 0 atom stereocenters. The first-order chi connectivity index (χ1) is 8.94. The molecule has 2 aromatic rings. The van der Waals surface area contributed by atoms with Gasteiger partial charge in [0.05, 0.1) is 4.88 Å². The average molecular weight is 271 g/mol. The lowest BCUT2D eigenvalue weighted by molar-refractivity contribution is -0.616. The number of benzene rings is 1. The first-order valence-electron chi connectivity index (χ1n) is 6.82. The van der Waals surface area contributed by atoms with Gasteiger partial charge in [0.1, 0.15) is 0 Å². The number of nitrogen functional groups attached to an aromatic ring is 1. The van der Waals surface area contributed by atoms with E-state index in [0.29, 0.717) is 12.5 Å². The molecule has 3 rings (SSSR count). The van der Waals surface area contributed by atoms with Crippen LogP contribution in [0.1, 0.15) is 38.1 Å². The summed E-state index contributed by atoms with van der Waals surface area (Å²) in [6.45, 7) is 9.56. The van der Waals surface area contributed by atoms with E-state index >= 15 is 0 Å². The standard InChI is InChI=1S/C15H20BN2S/c1-10(2)16-12-8-6-5-7-11(12)15(3,4)13-14(16)18(17)9-19-13/h5-10H,17H2,1-4H3/q+1. The van der Waals surface area contributed by atoms with Crippen molar-refractivity contribution in [1.82, 2.24) is 0 Å². The van der Waals surface area contributed by atoms with Crippen molar-refractivity contribution in [3.8, 4) is 0 Å². The molecule has 2 N–H and O–H groups in total. The van der Waals surface area contributed by atoms with Gasteiger partial charge in [0.2, 0.25) is 0 Å². The van der Waals surface area contributed by atoms with Gasteiger partial charge in [0, 0.05) is 5.41 Å². The average Bonchev–Trinajstić information content (AvgIpc) is 2.73. The zero-order chi connectivity index (χ0) is 13.8. The summed E-state index contributed by atoms with van der Waals surface area (Å²) < 4.78 is 1.84. The van der Waals surface area contributed by atoms with Crippen LogP contribution in [0.4, 0.5) is 0 Å². The molecule has 98 valence electrons. The second kappa shape index (κ2) is 4.10. The molecular formula is C15H20BN2S+. The second-order valence-electron chi connectivity index (χ2n) is 6.28. The lowest BCUT2D eigenvalue weighted by atomic mass is 9.32. The SMILES string of the molecule is CC(C)B1c2ccccc2C(C)(C)c2sc[n+](N)c21. The van der Waals surface area contributed by atoms with E-state index in [4.69, 9.17) is 5.84 Å². The normalized spacial score (nSPS) is 16.4. The minimum Gasteiger partial charge on any atom is -0.205 e. The molecule has 2 nitrogen and oxygen atoms in total. The van der Waals surface area contributed by atoms with Crippen LogP contribution in [0, 0.1) is 0 Å². The van der Waals surface area contributed by atoms with Gasteiger partial charge in [-0.3, -0.25) is 0 Å². The summed E-state index contributed by atoms with van der Waals surface area (Å²) in [4.78, 5) is 1.41. The van der Waals surface area contributed by atoms with E-state index in [9.17, 15) is 0 Å². The summed E-state index contributed by atoms with van der Waals surface area (Å²) in [5.74, 6) is 6.74. The summed E-state index contributed by atoms with van der Waals surface area (Å²) in [6, 6.07) is 8.83.